The van der Waals surface area contributed by atoms with Gasteiger partial charge in [-0.1, -0.05) is 17.7 Å². The Labute approximate surface area is 128 Å². The summed E-state index contributed by atoms with van der Waals surface area (Å²) in [6.07, 6.45) is 0. The smallest absolute Gasteiger partial charge is 0.174 e. The van der Waals surface area contributed by atoms with Crippen LogP contribution in [0.4, 0.5) is 5.69 Å². The number of hydrogen-bond acceptors (Lipinski definition) is 4. The normalized spacial score (nSPS) is 9.76. The largest absolute Gasteiger partial charge is 0.496 e. The van der Waals surface area contributed by atoms with Crippen LogP contribution in [0.3, 0.4) is 0 Å². The molecule has 0 spiro atoms. The van der Waals surface area contributed by atoms with Crippen LogP contribution in [0, 0.1) is 11.3 Å². The zero-order valence-corrected chi connectivity index (χ0v) is 12.4. The second-order valence-electron chi connectivity index (χ2n) is 4.25. The summed E-state index contributed by atoms with van der Waals surface area (Å²) in [7, 11) is 1.62. The molecule has 108 valence electrons. The van der Waals surface area contributed by atoms with E-state index in [0.717, 1.165) is 17.0 Å². The summed E-state index contributed by atoms with van der Waals surface area (Å²) < 4.78 is 10.5. The molecule has 0 saturated heterocycles. The minimum Gasteiger partial charge on any atom is -0.496 e. The number of hydrogen-bond donors (Lipinski definition) is 1. The van der Waals surface area contributed by atoms with Gasteiger partial charge in [0.05, 0.1) is 7.11 Å². The molecule has 2 rings (SSSR count). The first kappa shape index (κ1) is 15.0. The van der Waals surface area contributed by atoms with E-state index in [1.165, 1.54) is 0 Å². The van der Waals surface area contributed by atoms with Crippen LogP contribution in [0.15, 0.2) is 42.5 Å². The monoisotopic (exact) mass is 302 g/mol. The molecule has 5 heteroatoms. The Morgan fingerprint density at radius 3 is 2.62 bits per heavy atom. The minimum absolute atomic E-state index is 0.0452. The van der Waals surface area contributed by atoms with E-state index < -0.39 is 0 Å². The maximum atomic E-state index is 8.46. The number of halogens is 1. The van der Waals surface area contributed by atoms with E-state index in [9.17, 15) is 0 Å². The van der Waals surface area contributed by atoms with Gasteiger partial charge in [0.2, 0.25) is 0 Å². The predicted octanol–water partition coefficient (Wildman–Crippen LogP) is 3.86. The number of nitrogens with one attached hydrogen (secondary N) is 1. The van der Waals surface area contributed by atoms with E-state index in [2.05, 4.69) is 5.32 Å². The Hall–Kier alpha value is -2.38. The van der Waals surface area contributed by atoms with Gasteiger partial charge in [0.15, 0.2) is 6.61 Å². The molecule has 0 atom stereocenters. The summed E-state index contributed by atoms with van der Waals surface area (Å²) in [6, 6.07) is 14.9. The molecule has 0 saturated carbocycles. The number of anilines is 1. The molecule has 0 radical (unpaired) electrons. The average molecular weight is 303 g/mol. The summed E-state index contributed by atoms with van der Waals surface area (Å²) in [5, 5.41) is 12.4. The quantitative estimate of drug-likeness (QED) is 0.880. The van der Waals surface area contributed by atoms with E-state index in [-0.39, 0.29) is 6.61 Å². The molecule has 0 aliphatic carbocycles. The van der Waals surface area contributed by atoms with Crippen molar-refractivity contribution >= 4 is 17.3 Å². The third kappa shape index (κ3) is 4.04. The van der Waals surface area contributed by atoms with Crippen LogP contribution in [0.1, 0.15) is 5.56 Å². The molecule has 21 heavy (non-hydrogen) atoms. The van der Waals surface area contributed by atoms with Crippen molar-refractivity contribution in [1.29, 1.82) is 5.26 Å². The maximum Gasteiger partial charge on any atom is 0.174 e. The van der Waals surface area contributed by atoms with Gasteiger partial charge < -0.3 is 14.8 Å². The van der Waals surface area contributed by atoms with Gasteiger partial charge >= 0.3 is 0 Å². The third-order valence-electron chi connectivity index (χ3n) is 2.92. The fourth-order valence-electron chi connectivity index (χ4n) is 1.88. The summed E-state index contributed by atoms with van der Waals surface area (Å²) in [5.74, 6) is 1.42. The van der Waals surface area contributed by atoms with Crippen LogP contribution in [0.25, 0.3) is 0 Å². The van der Waals surface area contributed by atoms with Crippen LogP contribution in [-0.2, 0) is 6.54 Å². The fourth-order valence-corrected chi connectivity index (χ4v) is 2.11. The standard InChI is InChI=1S/C16H15ClN2O2/c1-20-16-4-2-3-15(17)14(16)11-19-12-5-7-13(8-6-12)21-10-9-18/h2-8,19H,10-11H2,1H3. The van der Waals surface area contributed by atoms with Crippen molar-refractivity contribution < 1.29 is 9.47 Å². The second-order valence-corrected chi connectivity index (χ2v) is 4.65. The lowest BCUT2D eigenvalue weighted by molar-refractivity contribution is 0.368. The maximum absolute atomic E-state index is 8.46. The van der Waals surface area contributed by atoms with Crippen LogP contribution in [-0.4, -0.2) is 13.7 Å². The van der Waals surface area contributed by atoms with Gasteiger partial charge in [0.25, 0.3) is 0 Å². The average Bonchev–Trinajstić information content (AvgIpc) is 2.52. The highest BCUT2D eigenvalue weighted by Gasteiger charge is 2.07. The molecule has 2 aromatic carbocycles. The first-order valence-corrected chi connectivity index (χ1v) is 6.77. The molecule has 0 unspecified atom stereocenters. The molecule has 0 amide bonds. The summed E-state index contributed by atoms with van der Waals surface area (Å²) in [6.45, 7) is 0.602. The molecule has 4 nitrogen and oxygen atoms in total. The van der Waals surface area contributed by atoms with E-state index >= 15 is 0 Å². The van der Waals surface area contributed by atoms with Gasteiger partial charge in [-0.25, -0.2) is 0 Å². The molecular weight excluding hydrogens is 288 g/mol. The van der Waals surface area contributed by atoms with Gasteiger partial charge in [-0.2, -0.15) is 5.26 Å². The predicted molar refractivity (Wildman–Crippen MR) is 82.9 cm³/mol. The molecule has 0 bridgehead atoms. The molecule has 0 fully saturated rings. The Morgan fingerprint density at radius 1 is 1.19 bits per heavy atom. The van der Waals surface area contributed by atoms with Gasteiger partial charge in [0.1, 0.15) is 17.6 Å². The first-order valence-electron chi connectivity index (χ1n) is 6.39. The van der Waals surface area contributed by atoms with Crippen molar-refractivity contribution in [2.45, 2.75) is 6.54 Å². The van der Waals surface area contributed by atoms with Crippen molar-refractivity contribution in [1.82, 2.24) is 0 Å². The van der Waals surface area contributed by atoms with Crippen LogP contribution >= 0.6 is 11.6 Å². The Morgan fingerprint density at radius 2 is 1.95 bits per heavy atom. The number of ether oxygens (including phenoxy) is 2. The van der Waals surface area contributed by atoms with E-state index in [1.54, 1.807) is 7.11 Å². The highest BCUT2D eigenvalue weighted by Crippen LogP contribution is 2.27. The number of nitrogens with zero attached hydrogens (tertiary/aromatic N) is 1. The zero-order valence-electron chi connectivity index (χ0n) is 11.6. The van der Waals surface area contributed by atoms with E-state index in [1.807, 2.05) is 48.5 Å². The van der Waals surface area contributed by atoms with E-state index in [0.29, 0.717) is 17.3 Å². The van der Waals surface area contributed by atoms with Crippen LogP contribution in [0.5, 0.6) is 11.5 Å². The van der Waals surface area contributed by atoms with Crippen molar-refractivity contribution in [3.05, 3.63) is 53.1 Å². The van der Waals surface area contributed by atoms with Gasteiger partial charge in [0, 0.05) is 22.8 Å². The Kier molecular flexibility index (Phi) is 5.30. The molecule has 0 heterocycles. The molecule has 0 aromatic heterocycles. The van der Waals surface area contributed by atoms with Crippen molar-refractivity contribution in [3.8, 4) is 17.6 Å². The SMILES string of the molecule is COc1cccc(Cl)c1CNc1ccc(OCC#N)cc1. The van der Waals surface area contributed by atoms with Gasteiger partial charge in [-0.05, 0) is 36.4 Å². The Balaban J connectivity index is 2.02. The fraction of sp³-hybridized carbons (Fsp3) is 0.188. The highest BCUT2D eigenvalue weighted by molar-refractivity contribution is 6.31. The molecule has 2 aromatic rings. The lowest BCUT2D eigenvalue weighted by atomic mass is 10.2. The molecule has 0 aliphatic rings. The van der Waals surface area contributed by atoms with Gasteiger partial charge in [-0.15, -0.1) is 0 Å². The van der Waals surface area contributed by atoms with Crippen LogP contribution in [0.2, 0.25) is 5.02 Å². The number of benzene rings is 2. The molecular formula is C16H15ClN2O2. The first-order chi connectivity index (χ1) is 10.2. The van der Waals surface area contributed by atoms with E-state index in [4.69, 9.17) is 26.3 Å². The van der Waals surface area contributed by atoms with Crippen molar-refractivity contribution in [3.63, 3.8) is 0 Å². The number of methoxy groups -OCH3 is 1. The number of rotatable bonds is 6. The zero-order chi connectivity index (χ0) is 15.1. The minimum atomic E-state index is 0.0452. The lowest BCUT2D eigenvalue weighted by Gasteiger charge is -2.12. The molecule has 1 N–H and O–H groups in total. The van der Waals surface area contributed by atoms with Crippen molar-refractivity contribution in [2.75, 3.05) is 19.0 Å². The summed E-state index contributed by atoms with van der Waals surface area (Å²) in [5.41, 5.74) is 1.84. The molecule has 0 aliphatic heterocycles. The third-order valence-corrected chi connectivity index (χ3v) is 3.28. The topological polar surface area (TPSA) is 54.3 Å². The van der Waals surface area contributed by atoms with Gasteiger partial charge in [-0.3, -0.25) is 0 Å². The summed E-state index contributed by atoms with van der Waals surface area (Å²) >= 11 is 6.19. The second kappa shape index (κ2) is 7.41. The summed E-state index contributed by atoms with van der Waals surface area (Å²) in [4.78, 5) is 0. The van der Waals surface area contributed by atoms with Crippen LogP contribution < -0.4 is 14.8 Å². The highest BCUT2D eigenvalue weighted by atomic mass is 35.5. The van der Waals surface area contributed by atoms with Crippen molar-refractivity contribution in [2.24, 2.45) is 0 Å². The number of nitriles is 1. The Bertz CT molecular complexity index is 636. The lowest BCUT2D eigenvalue weighted by Crippen LogP contribution is -2.02.